The molecule has 0 unspecified atom stereocenters. The van der Waals surface area contributed by atoms with Crippen LogP contribution in [0.15, 0.2) is 182 Å². The molecule has 10 rings (SSSR count). The molecule has 0 amide bonds. The van der Waals surface area contributed by atoms with E-state index in [1.807, 2.05) is 0 Å². The minimum atomic E-state index is -0.0661. The van der Waals surface area contributed by atoms with Crippen molar-refractivity contribution in [1.29, 1.82) is 0 Å². The molecule has 51 heavy (non-hydrogen) atoms. The second-order valence-corrected chi connectivity index (χ2v) is 14.4. The molecule has 0 aliphatic heterocycles. The SMILES string of the molecule is CC1(C)c2cc3ccccc3cc2-c2c(-c3ccc(-c4c5ccccc5c(-c5ccccc5-c5ccccc5)c5ccccc45)cc3)cccc21. The topological polar surface area (TPSA) is 0 Å². The molecule has 0 saturated heterocycles. The summed E-state index contributed by atoms with van der Waals surface area (Å²) in [7, 11) is 0. The van der Waals surface area contributed by atoms with Crippen molar-refractivity contribution in [1.82, 2.24) is 0 Å². The van der Waals surface area contributed by atoms with Crippen LogP contribution in [-0.4, -0.2) is 0 Å². The smallest absolute Gasteiger partial charge is 0.0159 e. The summed E-state index contributed by atoms with van der Waals surface area (Å²) in [5.41, 5.74) is 15.5. The van der Waals surface area contributed by atoms with Gasteiger partial charge in [-0.05, 0) is 111 Å². The third kappa shape index (κ3) is 4.53. The first-order valence-corrected chi connectivity index (χ1v) is 17.9. The van der Waals surface area contributed by atoms with Gasteiger partial charge >= 0.3 is 0 Å². The van der Waals surface area contributed by atoms with E-state index in [0.717, 1.165) is 0 Å². The molecule has 0 bridgehead atoms. The number of hydrogen-bond acceptors (Lipinski definition) is 0. The zero-order valence-corrected chi connectivity index (χ0v) is 28.8. The number of benzene rings is 9. The first kappa shape index (κ1) is 29.7. The lowest BCUT2D eigenvalue weighted by Gasteiger charge is -2.22. The lowest BCUT2D eigenvalue weighted by atomic mass is 9.81. The average Bonchev–Trinajstić information content (AvgIpc) is 3.41. The van der Waals surface area contributed by atoms with E-state index < -0.39 is 0 Å². The lowest BCUT2D eigenvalue weighted by molar-refractivity contribution is 0.661. The number of fused-ring (bicyclic) bond motifs is 6. The number of hydrogen-bond donors (Lipinski definition) is 0. The van der Waals surface area contributed by atoms with E-state index in [1.54, 1.807) is 0 Å². The van der Waals surface area contributed by atoms with E-state index in [1.165, 1.54) is 99.1 Å². The van der Waals surface area contributed by atoms with Gasteiger partial charge in [0, 0.05) is 5.41 Å². The fraction of sp³-hybridized carbons (Fsp3) is 0.0588. The second kappa shape index (κ2) is 11.4. The van der Waals surface area contributed by atoms with Crippen molar-refractivity contribution in [2.24, 2.45) is 0 Å². The third-order valence-corrected chi connectivity index (χ3v) is 11.3. The molecule has 9 aromatic carbocycles. The maximum absolute atomic E-state index is 2.41. The molecule has 240 valence electrons. The van der Waals surface area contributed by atoms with Crippen molar-refractivity contribution in [3.8, 4) is 55.6 Å². The van der Waals surface area contributed by atoms with Crippen molar-refractivity contribution in [3.05, 3.63) is 193 Å². The Balaban J connectivity index is 1.16. The van der Waals surface area contributed by atoms with Crippen LogP contribution in [0.5, 0.6) is 0 Å². The Bertz CT molecular complexity index is 2740. The molecular formula is C51H36. The van der Waals surface area contributed by atoms with E-state index in [-0.39, 0.29) is 5.41 Å². The maximum atomic E-state index is 2.41. The Kier molecular flexibility index (Phi) is 6.63. The van der Waals surface area contributed by atoms with Crippen LogP contribution < -0.4 is 0 Å². The fourth-order valence-electron chi connectivity index (χ4n) is 8.83. The van der Waals surface area contributed by atoms with Gasteiger partial charge in [0.2, 0.25) is 0 Å². The molecule has 0 heterocycles. The molecular weight excluding hydrogens is 613 g/mol. The van der Waals surface area contributed by atoms with Crippen molar-refractivity contribution < 1.29 is 0 Å². The zero-order valence-electron chi connectivity index (χ0n) is 28.8. The Labute approximate surface area is 299 Å². The minimum absolute atomic E-state index is 0.0661. The molecule has 1 aliphatic rings. The lowest BCUT2D eigenvalue weighted by Crippen LogP contribution is -2.14. The van der Waals surface area contributed by atoms with Crippen LogP contribution in [0.25, 0.3) is 88.0 Å². The normalized spacial score (nSPS) is 13.1. The van der Waals surface area contributed by atoms with Crippen molar-refractivity contribution in [3.63, 3.8) is 0 Å². The van der Waals surface area contributed by atoms with Crippen molar-refractivity contribution in [2.45, 2.75) is 19.3 Å². The van der Waals surface area contributed by atoms with Gasteiger partial charge in [-0.25, -0.2) is 0 Å². The highest BCUT2D eigenvalue weighted by molar-refractivity contribution is 6.22. The van der Waals surface area contributed by atoms with Crippen LogP contribution in [0.2, 0.25) is 0 Å². The maximum Gasteiger partial charge on any atom is 0.0159 e. The molecule has 0 spiro atoms. The van der Waals surface area contributed by atoms with Crippen LogP contribution >= 0.6 is 0 Å². The first-order chi connectivity index (χ1) is 25.1. The predicted octanol–water partition coefficient (Wildman–Crippen LogP) is 14.1. The highest BCUT2D eigenvalue weighted by Gasteiger charge is 2.37. The molecule has 0 radical (unpaired) electrons. The Morgan fingerprint density at radius 1 is 0.294 bits per heavy atom. The second-order valence-electron chi connectivity index (χ2n) is 14.4. The number of rotatable bonds is 4. The summed E-state index contributed by atoms with van der Waals surface area (Å²) in [5.74, 6) is 0. The van der Waals surface area contributed by atoms with Crippen molar-refractivity contribution in [2.75, 3.05) is 0 Å². The Morgan fingerprint density at radius 2 is 0.784 bits per heavy atom. The highest BCUT2D eigenvalue weighted by Crippen LogP contribution is 2.53. The van der Waals surface area contributed by atoms with E-state index in [0.29, 0.717) is 0 Å². The Hall–Kier alpha value is -6.24. The zero-order chi connectivity index (χ0) is 34.1. The van der Waals surface area contributed by atoms with Gasteiger partial charge in [-0.1, -0.05) is 184 Å². The molecule has 9 aromatic rings. The van der Waals surface area contributed by atoms with Crippen LogP contribution in [-0.2, 0) is 5.41 Å². The van der Waals surface area contributed by atoms with E-state index >= 15 is 0 Å². The molecule has 0 N–H and O–H groups in total. The largest absolute Gasteiger partial charge is 0.0622 e. The van der Waals surface area contributed by atoms with Crippen LogP contribution in [0.3, 0.4) is 0 Å². The van der Waals surface area contributed by atoms with Gasteiger partial charge in [-0.15, -0.1) is 0 Å². The summed E-state index contributed by atoms with van der Waals surface area (Å²) >= 11 is 0. The summed E-state index contributed by atoms with van der Waals surface area (Å²) in [5, 5.41) is 7.67. The molecule has 0 heteroatoms. The van der Waals surface area contributed by atoms with Gasteiger partial charge in [0.1, 0.15) is 0 Å². The highest BCUT2D eigenvalue weighted by atomic mass is 14.4. The van der Waals surface area contributed by atoms with Crippen LogP contribution in [0, 0.1) is 0 Å². The van der Waals surface area contributed by atoms with Crippen LogP contribution in [0.1, 0.15) is 25.0 Å². The average molecular weight is 649 g/mol. The van der Waals surface area contributed by atoms with Gasteiger partial charge in [-0.2, -0.15) is 0 Å². The molecule has 1 aliphatic carbocycles. The molecule has 0 saturated carbocycles. The fourth-order valence-corrected chi connectivity index (χ4v) is 8.83. The van der Waals surface area contributed by atoms with Crippen molar-refractivity contribution >= 4 is 32.3 Å². The third-order valence-electron chi connectivity index (χ3n) is 11.3. The summed E-state index contributed by atoms with van der Waals surface area (Å²) in [6.07, 6.45) is 0. The van der Waals surface area contributed by atoms with E-state index in [4.69, 9.17) is 0 Å². The monoisotopic (exact) mass is 648 g/mol. The van der Waals surface area contributed by atoms with Gasteiger partial charge in [0.15, 0.2) is 0 Å². The molecule has 0 aromatic heterocycles. The van der Waals surface area contributed by atoms with Gasteiger partial charge < -0.3 is 0 Å². The van der Waals surface area contributed by atoms with E-state index in [9.17, 15) is 0 Å². The van der Waals surface area contributed by atoms with Gasteiger partial charge in [0.25, 0.3) is 0 Å². The standard InChI is InChI=1S/C51H36/c1-51(2)46-26-14-25-39(50(46)45-31-36-17-6-7-18-37(36)32-47(45)51)34-27-29-35(30-28-34)48-41-21-10-12-23-43(41)49(44-24-13-11-22-42(44)48)40-20-9-8-19-38(40)33-15-4-3-5-16-33/h3-32H,1-2H3. The summed E-state index contributed by atoms with van der Waals surface area (Å²) in [6, 6.07) is 67.3. The summed E-state index contributed by atoms with van der Waals surface area (Å²) < 4.78 is 0. The first-order valence-electron chi connectivity index (χ1n) is 17.9. The van der Waals surface area contributed by atoms with Gasteiger partial charge in [-0.3, -0.25) is 0 Å². The van der Waals surface area contributed by atoms with E-state index in [2.05, 4.69) is 196 Å². The molecule has 0 atom stereocenters. The molecule has 0 fully saturated rings. The summed E-state index contributed by atoms with van der Waals surface area (Å²) in [6.45, 7) is 4.74. The van der Waals surface area contributed by atoms with Gasteiger partial charge in [0.05, 0.1) is 0 Å². The predicted molar refractivity (Wildman–Crippen MR) is 218 cm³/mol. The summed E-state index contributed by atoms with van der Waals surface area (Å²) in [4.78, 5) is 0. The Morgan fingerprint density at radius 3 is 1.45 bits per heavy atom. The van der Waals surface area contributed by atoms with Crippen LogP contribution in [0.4, 0.5) is 0 Å². The quantitative estimate of drug-likeness (QED) is 0.167. The minimum Gasteiger partial charge on any atom is -0.0622 e. The molecule has 0 nitrogen and oxygen atoms in total.